The zero-order valence-corrected chi connectivity index (χ0v) is 30.2. The van der Waals surface area contributed by atoms with Crippen LogP contribution in [0, 0.1) is 0 Å². The number of nitrogens with two attached hydrogens (primary N) is 1. The van der Waals surface area contributed by atoms with Crippen molar-refractivity contribution in [1.29, 1.82) is 0 Å². The number of epoxide rings is 1. The van der Waals surface area contributed by atoms with E-state index >= 15 is 0 Å². The van der Waals surface area contributed by atoms with Crippen LogP contribution < -0.4 is 43.0 Å². The molecule has 2 aromatic heterocycles. The molecule has 296 valence electrons. The molecule has 22 nitrogen and oxygen atoms in total. The summed E-state index contributed by atoms with van der Waals surface area (Å²) in [5, 5.41) is 18.6. The minimum atomic E-state index is -1.25. The highest BCUT2D eigenvalue weighted by Crippen LogP contribution is 2.25. The molecule has 0 spiro atoms. The molecule has 0 bridgehead atoms. The summed E-state index contributed by atoms with van der Waals surface area (Å²) in [7, 11) is 0. The van der Waals surface area contributed by atoms with Crippen LogP contribution in [0.5, 0.6) is 0 Å². The highest BCUT2D eigenvalue weighted by atomic mass is 32.1. The summed E-state index contributed by atoms with van der Waals surface area (Å²) in [5.74, 6) is -4.50. The van der Waals surface area contributed by atoms with E-state index in [0.29, 0.717) is 11.4 Å². The number of fused-ring (bicyclic) bond motifs is 1. The number of amides is 7. The van der Waals surface area contributed by atoms with E-state index in [4.69, 9.17) is 19.9 Å². The van der Waals surface area contributed by atoms with E-state index in [2.05, 4.69) is 69.8 Å². The number of H-pyrrole nitrogens is 2. The molecule has 0 radical (unpaired) electrons. The predicted octanol–water partition coefficient (Wildman–Crippen LogP) is -5.35. The zero-order chi connectivity index (χ0) is 38.9. The third kappa shape index (κ3) is 14.4. The number of nitrogens with zero attached hydrogens (tertiary/aromatic N) is 2. The maximum atomic E-state index is 13.8. The smallest absolute Gasteiger partial charge is 0.246 e. The number of hydrogen-bond donors (Lipinski definition) is 11. The van der Waals surface area contributed by atoms with Crippen molar-refractivity contribution in [2.24, 2.45) is 5.73 Å². The summed E-state index contributed by atoms with van der Waals surface area (Å²) < 4.78 is 16.4. The fourth-order valence-corrected chi connectivity index (χ4v) is 5.54. The van der Waals surface area contributed by atoms with Gasteiger partial charge in [0.15, 0.2) is 0 Å². The zero-order valence-electron chi connectivity index (χ0n) is 29.3. The van der Waals surface area contributed by atoms with Crippen LogP contribution in [0.1, 0.15) is 24.2 Å². The standard InChI is InChI=1S/C31H46N12O10S/c32-23(44)2-1-19-27-31(53-27)37-11-24(45)35-3-4-51-5-6-52-13-26(47)41-22(14-54)28(48)36-12-25(46)40-20(7-17-9-33-15-38-17)29(49)43-21(30(50)42-19)8-18-10-34-16-39-18/h9-10,15-16,19-22,27,31,37,54H,1-8,11-14H2,(H2,32,44)(H,33,38)(H,34,39)(H,35,45)(H,36,48)(H,40,46)(H,41,47)(H,42,50)(H,43,49)/t19-,20-,21-,22-,27?,31?/m0/s1. The lowest BCUT2D eigenvalue weighted by Gasteiger charge is -2.25. The normalized spacial score (nSPS) is 26.3. The van der Waals surface area contributed by atoms with Crippen molar-refractivity contribution in [3.63, 3.8) is 0 Å². The first-order valence-electron chi connectivity index (χ1n) is 17.1. The third-order valence-electron chi connectivity index (χ3n) is 8.09. The number of carbonyl (C=O) groups excluding carboxylic acids is 7. The van der Waals surface area contributed by atoms with Gasteiger partial charge in [-0.3, -0.25) is 38.9 Å². The predicted molar refractivity (Wildman–Crippen MR) is 189 cm³/mol. The Morgan fingerprint density at radius 2 is 1.41 bits per heavy atom. The first-order valence-corrected chi connectivity index (χ1v) is 17.8. The van der Waals surface area contributed by atoms with E-state index in [1.165, 1.54) is 25.0 Å². The second kappa shape index (κ2) is 21.6. The number of aromatic nitrogens is 4. The molecule has 7 amide bonds. The maximum absolute atomic E-state index is 13.8. The molecule has 54 heavy (non-hydrogen) atoms. The molecular weight excluding hydrogens is 732 g/mol. The van der Waals surface area contributed by atoms with Crippen LogP contribution in [-0.2, 0) is 60.6 Å². The van der Waals surface area contributed by atoms with E-state index in [-0.39, 0.29) is 76.9 Å². The Balaban J connectivity index is 1.52. The fourth-order valence-electron chi connectivity index (χ4n) is 5.29. The van der Waals surface area contributed by atoms with Gasteiger partial charge in [-0.05, 0) is 6.42 Å². The number of primary amides is 1. The van der Waals surface area contributed by atoms with Crippen molar-refractivity contribution in [2.75, 3.05) is 51.8 Å². The largest absolute Gasteiger partial charge is 0.377 e. The number of aromatic amines is 2. The fraction of sp³-hybridized carbons (Fsp3) is 0.581. The van der Waals surface area contributed by atoms with Crippen LogP contribution in [-0.4, -0.2) is 150 Å². The van der Waals surface area contributed by atoms with Gasteiger partial charge in [0.05, 0.1) is 51.6 Å². The number of ether oxygens (including phenoxy) is 3. The Labute approximate surface area is 314 Å². The van der Waals surface area contributed by atoms with Gasteiger partial charge in [-0.1, -0.05) is 0 Å². The molecule has 4 heterocycles. The van der Waals surface area contributed by atoms with Gasteiger partial charge in [-0.25, -0.2) is 9.97 Å². The van der Waals surface area contributed by atoms with Crippen LogP contribution in [0.15, 0.2) is 25.0 Å². The molecule has 4 rings (SSSR count). The van der Waals surface area contributed by atoms with Crippen molar-refractivity contribution >= 4 is 54.0 Å². The molecular formula is C31H46N12O10S. The van der Waals surface area contributed by atoms with Crippen molar-refractivity contribution in [2.45, 2.75) is 62.2 Å². The number of imidazole rings is 2. The van der Waals surface area contributed by atoms with Gasteiger partial charge in [0.2, 0.25) is 41.4 Å². The summed E-state index contributed by atoms with van der Waals surface area (Å²) in [6.45, 7) is -0.505. The number of nitrogens with one attached hydrogen (secondary N) is 9. The van der Waals surface area contributed by atoms with E-state index in [1.807, 2.05) is 0 Å². The van der Waals surface area contributed by atoms with Gasteiger partial charge in [-0.15, -0.1) is 0 Å². The van der Waals surface area contributed by atoms with E-state index < -0.39 is 78.5 Å². The topological polar surface area (TPSA) is 318 Å². The molecule has 11 N–H and O–H groups in total. The average Bonchev–Trinajstić information content (AvgIpc) is 3.44. The SMILES string of the molecule is NC(=O)CC[C@@H]1NC(=O)[C@H](Cc2cnc[nH]2)NC(=O)[C@H](Cc2cnc[nH]2)NC(=O)CNC(=O)[C@H](CS)NC(=O)COCCOCCNC(=O)CNC2OC21. The quantitative estimate of drug-likeness (QED) is 0.0882. The van der Waals surface area contributed by atoms with Crippen LogP contribution in [0.3, 0.4) is 0 Å². The first-order chi connectivity index (χ1) is 26.0. The lowest BCUT2D eigenvalue weighted by atomic mass is 10.0. The van der Waals surface area contributed by atoms with E-state index in [0.717, 1.165) is 0 Å². The Kier molecular flexibility index (Phi) is 16.6. The minimum absolute atomic E-state index is 0.0418. The van der Waals surface area contributed by atoms with Gasteiger partial charge < -0.3 is 61.8 Å². The second-order valence-electron chi connectivity index (χ2n) is 12.3. The highest BCUT2D eigenvalue weighted by molar-refractivity contribution is 7.80. The molecule has 0 saturated carbocycles. The van der Waals surface area contributed by atoms with Crippen molar-refractivity contribution < 1.29 is 47.8 Å². The molecule has 2 aromatic rings. The van der Waals surface area contributed by atoms with Crippen molar-refractivity contribution in [1.82, 2.24) is 57.2 Å². The van der Waals surface area contributed by atoms with Gasteiger partial charge in [0.1, 0.15) is 37.1 Å². The Morgan fingerprint density at radius 1 is 0.759 bits per heavy atom. The van der Waals surface area contributed by atoms with Crippen molar-refractivity contribution in [3.05, 3.63) is 36.4 Å². The Morgan fingerprint density at radius 3 is 2.06 bits per heavy atom. The van der Waals surface area contributed by atoms with Gasteiger partial charge in [-0.2, -0.15) is 12.6 Å². The monoisotopic (exact) mass is 778 g/mol. The summed E-state index contributed by atoms with van der Waals surface area (Å²) in [6, 6.07) is -4.32. The molecule has 2 fully saturated rings. The molecule has 2 saturated heterocycles. The summed E-state index contributed by atoms with van der Waals surface area (Å²) in [4.78, 5) is 104. The molecule has 2 aliphatic rings. The molecule has 2 aliphatic heterocycles. The number of hydrogen-bond acceptors (Lipinski definition) is 14. The molecule has 0 aliphatic carbocycles. The number of rotatable bonds is 8. The van der Waals surface area contributed by atoms with Gasteiger partial charge in [0, 0.05) is 55.3 Å². The first kappa shape index (κ1) is 41.7. The Bertz CT molecular complexity index is 1560. The van der Waals surface area contributed by atoms with E-state index in [1.54, 1.807) is 0 Å². The summed E-state index contributed by atoms with van der Waals surface area (Å²) in [6.07, 6.45) is 4.37. The van der Waals surface area contributed by atoms with Crippen molar-refractivity contribution in [3.8, 4) is 0 Å². The van der Waals surface area contributed by atoms with Crippen LogP contribution in [0.25, 0.3) is 0 Å². The lowest BCUT2D eigenvalue weighted by Crippen LogP contribution is -2.58. The Hall–Kier alpha value is -5.10. The third-order valence-corrected chi connectivity index (χ3v) is 8.45. The molecule has 0 aromatic carbocycles. The average molecular weight is 779 g/mol. The van der Waals surface area contributed by atoms with Gasteiger partial charge in [0.25, 0.3) is 0 Å². The summed E-state index contributed by atoms with van der Waals surface area (Å²) in [5.41, 5.74) is 6.38. The van der Waals surface area contributed by atoms with Gasteiger partial charge >= 0.3 is 0 Å². The van der Waals surface area contributed by atoms with E-state index in [9.17, 15) is 33.6 Å². The lowest BCUT2D eigenvalue weighted by molar-refractivity contribution is -0.133. The van der Waals surface area contributed by atoms with Crippen LogP contribution in [0.4, 0.5) is 0 Å². The van der Waals surface area contributed by atoms with Crippen LogP contribution >= 0.6 is 12.6 Å². The minimum Gasteiger partial charge on any atom is -0.377 e. The molecule has 6 atom stereocenters. The van der Waals surface area contributed by atoms with Crippen LogP contribution in [0.2, 0.25) is 0 Å². The molecule has 2 unspecified atom stereocenters. The highest BCUT2D eigenvalue weighted by Gasteiger charge is 2.46. The number of carbonyl (C=O) groups is 7. The second-order valence-corrected chi connectivity index (χ2v) is 12.7. The summed E-state index contributed by atoms with van der Waals surface area (Å²) >= 11 is 4.12. The number of thiol groups is 1. The molecule has 23 heteroatoms. The maximum Gasteiger partial charge on any atom is 0.246 e.